The van der Waals surface area contributed by atoms with Crippen molar-refractivity contribution in [2.24, 2.45) is 10.9 Å². The Morgan fingerprint density at radius 3 is 2.72 bits per heavy atom. The van der Waals surface area contributed by atoms with Gasteiger partial charge >= 0.3 is 0 Å². The first kappa shape index (κ1) is 19.5. The zero-order valence-electron chi connectivity index (χ0n) is 15.9. The standard InChI is InChI=1S/C19H32N4O2/c1-15(2)13-23-9-10-25-18(14-23)12-22-19(20-3)21-11-16-5-7-17(24-4)8-6-16/h5-8,15,18H,9-14H2,1-4H3,(H2,20,21,22). The van der Waals surface area contributed by atoms with Gasteiger partial charge < -0.3 is 20.1 Å². The zero-order chi connectivity index (χ0) is 18.1. The number of guanidine groups is 1. The van der Waals surface area contributed by atoms with E-state index < -0.39 is 0 Å². The maximum absolute atomic E-state index is 5.87. The molecule has 2 N–H and O–H groups in total. The lowest BCUT2D eigenvalue weighted by Gasteiger charge is -2.34. The van der Waals surface area contributed by atoms with Crippen molar-refractivity contribution in [2.75, 3.05) is 46.9 Å². The first-order chi connectivity index (χ1) is 12.1. The van der Waals surface area contributed by atoms with Gasteiger partial charge in [0.25, 0.3) is 0 Å². The molecule has 0 radical (unpaired) electrons. The van der Waals surface area contributed by atoms with Gasteiger partial charge in [0, 0.05) is 39.8 Å². The molecule has 6 heteroatoms. The highest BCUT2D eigenvalue weighted by Crippen LogP contribution is 2.11. The highest BCUT2D eigenvalue weighted by molar-refractivity contribution is 5.79. The molecular weight excluding hydrogens is 316 g/mol. The molecule has 0 aromatic heterocycles. The fraction of sp³-hybridized carbons (Fsp3) is 0.632. The number of hydrogen-bond acceptors (Lipinski definition) is 4. The number of ether oxygens (including phenoxy) is 2. The molecule has 1 aromatic rings. The Morgan fingerprint density at radius 2 is 2.08 bits per heavy atom. The fourth-order valence-electron chi connectivity index (χ4n) is 2.95. The average Bonchev–Trinajstić information content (AvgIpc) is 2.62. The summed E-state index contributed by atoms with van der Waals surface area (Å²) in [4.78, 5) is 6.77. The van der Waals surface area contributed by atoms with Crippen LogP contribution in [-0.4, -0.2) is 63.9 Å². The van der Waals surface area contributed by atoms with E-state index >= 15 is 0 Å². The molecule has 1 fully saturated rings. The monoisotopic (exact) mass is 348 g/mol. The van der Waals surface area contributed by atoms with Crippen molar-refractivity contribution >= 4 is 5.96 Å². The van der Waals surface area contributed by atoms with E-state index in [0.29, 0.717) is 12.5 Å². The maximum Gasteiger partial charge on any atom is 0.191 e. The van der Waals surface area contributed by atoms with Crippen LogP contribution in [0.15, 0.2) is 29.3 Å². The molecule has 1 aliphatic rings. The lowest BCUT2D eigenvalue weighted by Crippen LogP contribution is -2.50. The molecule has 1 unspecified atom stereocenters. The summed E-state index contributed by atoms with van der Waals surface area (Å²) in [6.45, 7) is 9.92. The topological polar surface area (TPSA) is 58.1 Å². The van der Waals surface area contributed by atoms with Crippen molar-refractivity contribution in [3.8, 4) is 5.75 Å². The Labute approximate surface area is 151 Å². The van der Waals surface area contributed by atoms with E-state index in [9.17, 15) is 0 Å². The Hall–Kier alpha value is -1.79. The largest absolute Gasteiger partial charge is 0.497 e. The highest BCUT2D eigenvalue weighted by Gasteiger charge is 2.21. The molecule has 0 spiro atoms. The van der Waals surface area contributed by atoms with E-state index in [1.54, 1.807) is 14.2 Å². The van der Waals surface area contributed by atoms with E-state index in [1.807, 2.05) is 24.3 Å². The third-order valence-corrected chi connectivity index (χ3v) is 4.19. The average molecular weight is 348 g/mol. The fourth-order valence-corrected chi connectivity index (χ4v) is 2.95. The number of morpholine rings is 1. The number of nitrogens with one attached hydrogen (secondary N) is 2. The van der Waals surface area contributed by atoms with Crippen molar-refractivity contribution < 1.29 is 9.47 Å². The molecule has 0 amide bonds. The second kappa shape index (κ2) is 10.3. The minimum Gasteiger partial charge on any atom is -0.497 e. The molecule has 1 atom stereocenters. The van der Waals surface area contributed by atoms with Crippen LogP contribution in [0.25, 0.3) is 0 Å². The number of methoxy groups -OCH3 is 1. The Bertz CT molecular complexity index is 531. The van der Waals surface area contributed by atoms with E-state index in [-0.39, 0.29) is 6.10 Å². The first-order valence-corrected chi connectivity index (χ1v) is 9.02. The van der Waals surface area contributed by atoms with Crippen LogP contribution in [0.3, 0.4) is 0 Å². The number of rotatable bonds is 7. The second-order valence-corrected chi connectivity index (χ2v) is 6.80. The van der Waals surface area contributed by atoms with Gasteiger partial charge in [0.15, 0.2) is 5.96 Å². The Balaban J connectivity index is 1.74. The minimum atomic E-state index is 0.201. The van der Waals surface area contributed by atoms with Gasteiger partial charge in [-0.05, 0) is 23.6 Å². The summed E-state index contributed by atoms with van der Waals surface area (Å²) in [7, 11) is 3.46. The molecule has 2 rings (SSSR count). The van der Waals surface area contributed by atoms with Crippen LogP contribution in [0.2, 0.25) is 0 Å². The highest BCUT2D eigenvalue weighted by atomic mass is 16.5. The molecule has 0 saturated carbocycles. The van der Waals surface area contributed by atoms with Crippen LogP contribution in [0, 0.1) is 5.92 Å². The minimum absolute atomic E-state index is 0.201. The first-order valence-electron chi connectivity index (χ1n) is 9.02. The summed E-state index contributed by atoms with van der Waals surface area (Å²) in [6.07, 6.45) is 0.201. The summed E-state index contributed by atoms with van der Waals surface area (Å²) in [6, 6.07) is 8.03. The van der Waals surface area contributed by atoms with Crippen molar-refractivity contribution in [3.05, 3.63) is 29.8 Å². The molecule has 1 aliphatic heterocycles. The van der Waals surface area contributed by atoms with Gasteiger partial charge in [0.2, 0.25) is 0 Å². The van der Waals surface area contributed by atoms with Crippen LogP contribution in [-0.2, 0) is 11.3 Å². The number of benzene rings is 1. The molecule has 6 nitrogen and oxygen atoms in total. The van der Waals surface area contributed by atoms with Crippen LogP contribution >= 0.6 is 0 Å². The normalized spacial score (nSPS) is 19.1. The lowest BCUT2D eigenvalue weighted by atomic mass is 10.2. The summed E-state index contributed by atoms with van der Waals surface area (Å²) in [5.74, 6) is 2.35. The van der Waals surface area contributed by atoms with Crippen LogP contribution in [0.4, 0.5) is 0 Å². The van der Waals surface area contributed by atoms with Crippen LogP contribution in [0.1, 0.15) is 19.4 Å². The molecule has 25 heavy (non-hydrogen) atoms. The second-order valence-electron chi connectivity index (χ2n) is 6.80. The van der Waals surface area contributed by atoms with Crippen molar-refractivity contribution in [1.29, 1.82) is 0 Å². The molecule has 0 bridgehead atoms. The van der Waals surface area contributed by atoms with E-state index in [1.165, 1.54) is 5.56 Å². The molecule has 1 saturated heterocycles. The van der Waals surface area contributed by atoms with E-state index in [4.69, 9.17) is 9.47 Å². The van der Waals surface area contributed by atoms with Crippen molar-refractivity contribution in [3.63, 3.8) is 0 Å². The molecule has 1 heterocycles. The lowest BCUT2D eigenvalue weighted by molar-refractivity contribution is -0.0284. The van der Waals surface area contributed by atoms with Crippen LogP contribution in [0.5, 0.6) is 5.75 Å². The summed E-state index contributed by atoms with van der Waals surface area (Å²) in [5, 5.41) is 6.70. The number of nitrogens with zero attached hydrogens (tertiary/aromatic N) is 2. The van der Waals surface area contributed by atoms with E-state index in [2.05, 4.69) is 34.4 Å². The van der Waals surface area contributed by atoms with Gasteiger partial charge in [-0.2, -0.15) is 0 Å². The molecular formula is C19H32N4O2. The van der Waals surface area contributed by atoms with Crippen molar-refractivity contribution in [2.45, 2.75) is 26.5 Å². The van der Waals surface area contributed by atoms with Gasteiger partial charge in [-0.25, -0.2) is 0 Å². The third kappa shape index (κ3) is 6.92. The third-order valence-electron chi connectivity index (χ3n) is 4.19. The maximum atomic E-state index is 5.87. The molecule has 140 valence electrons. The van der Waals surface area contributed by atoms with Gasteiger partial charge in [0.05, 0.1) is 19.8 Å². The summed E-state index contributed by atoms with van der Waals surface area (Å²) >= 11 is 0. The predicted molar refractivity (Wildman–Crippen MR) is 102 cm³/mol. The Kier molecular flexibility index (Phi) is 8.01. The number of hydrogen-bond donors (Lipinski definition) is 2. The predicted octanol–water partition coefficient (Wildman–Crippen LogP) is 1.72. The van der Waals surface area contributed by atoms with Gasteiger partial charge in [-0.3, -0.25) is 9.89 Å². The molecule has 1 aromatic carbocycles. The van der Waals surface area contributed by atoms with Crippen molar-refractivity contribution in [1.82, 2.24) is 15.5 Å². The SMILES string of the molecule is CN=C(NCc1ccc(OC)cc1)NCC1CN(CC(C)C)CCO1. The molecule has 0 aliphatic carbocycles. The number of aliphatic imine (C=N–C) groups is 1. The van der Waals surface area contributed by atoms with Gasteiger partial charge in [-0.1, -0.05) is 26.0 Å². The van der Waals surface area contributed by atoms with Crippen LogP contribution < -0.4 is 15.4 Å². The Morgan fingerprint density at radius 1 is 1.32 bits per heavy atom. The quantitative estimate of drug-likeness (QED) is 0.580. The zero-order valence-corrected chi connectivity index (χ0v) is 15.9. The summed E-state index contributed by atoms with van der Waals surface area (Å²) < 4.78 is 11.1. The van der Waals surface area contributed by atoms with Gasteiger partial charge in [-0.15, -0.1) is 0 Å². The smallest absolute Gasteiger partial charge is 0.191 e. The summed E-state index contributed by atoms with van der Waals surface area (Å²) in [5.41, 5.74) is 1.18. The van der Waals surface area contributed by atoms with Gasteiger partial charge in [0.1, 0.15) is 5.75 Å². The van der Waals surface area contributed by atoms with E-state index in [0.717, 1.165) is 44.5 Å².